The number of aliphatic hydroxyl groups is 1. The standard InChI is InChI=1S/C21H24O2/c22-20(15-17-9-3-1-4-10-17,16-18-11-5-2-6-12-18)21-14-8-7-13-19(21)23-21/h1-6,9-12,19,22H,7-8,13-16H2/t19-,21+/m0/s1. The van der Waals surface area contributed by atoms with Gasteiger partial charge in [-0.25, -0.2) is 0 Å². The molecule has 1 saturated carbocycles. The minimum atomic E-state index is -0.833. The van der Waals surface area contributed by atoms with Gasteiger partial charge >= 0.3 is 0 Å². The Hall–Kier alpha value is -1.64. The van der Waals surface area contributed by atoms with Crippen LogP contribution < -0.4 is 0 Å². The van der Waals surface area contributed by atoms with Crippen molar-refractivity contribution in [3.8, 4) is 0 Å². The molecule has 1 aliphatic heterocycles. The lowest BCUT2D eigenvalue weighted by molar-refractivity contribution is -0.0433. The third kappa shape index (κ3) is 2.71. The molecule has 0 unspecified atom stereocenters. The van der Waals surface area contributed by atoms with E-state index in [9.17, 15) is 5.11 Å². The zero-order valence-corrected chi connectivity index (χ0v) is 13.4. The Kier molecular flexibility index (Phi) is 3.74. The highest BCUT2D eigenvalue weighted by atomic mass is 16.6. The van der Waals surface area contributed by atoms with Gasteiger partial charge in [0, 0.05) is 12.8 Å². The summed E-state index contributed by atoms with van der Waals surface area (Å²) in [4.78, 5) is 0. The van der Waals surface area contributed by atoms with Gasteiger partial charge in [-0.05, 0) is 24.0 Å². The van der Waals surface area contributed by atoms with Crippen molar-refractivity contribution in [2.75, 3.05) is 0 Å². The summed E-state index contributed by atoms with van der Waals surface area (Å²) in [6.45, 7) is 0. The highest BCUT2D eigenvalue weighted by Gasteiger charge is 2.68. The molecule has 120 valence electrons. The molecule has 0 amide bonds. The summed E-state index contributed by atoms with van der Waals surface area (Å²) < 4.78 is 6.13. The first-order chi connectivity index (χ1) is 11.2. The van der Waals surface area contributed by atoms with Gasteiger partial charge in [0.25, 0.3) is 0 Å². The van der Waals surface area contributed by atoms with Gasteiger partial charge in [0.15, 0.2) is 0 Å². The van der Waals surface area contributed by atoms with Crippen LogP contribution >= 0.6 is 0 Å². The van der Waals surface area contributed by atoms with E-state index < -0.39 is 5.60 Å². The van der Waals surface area contributed by atoms with Crippen LogP contribution in [0.5, 0.6) is 0 Å². The zero-order chi connectivity index (χ0) is 15.8. The third-order valence-electron chi connectivity index (χ3n) is 5.55. The molecule has 1 N–H and O–H groups in total. The van der Waals surface area contributed by atoms with Crippen molar-refractivity contribution in [3.63, 3.8) is 0 Å². The molecule has 1 aliphatic carbocycles. The van der Waals surface area contributed by atoms with Crippen LogP contribution in [-0.2, 0) is 17.6 Å². The Balaban J connectivity index is 1.66. The minimum Gasteiger partial charge on any atom is -0.386 e. The molecule has 2 aromatic rings. The second-order valence-electron chi connectivity index (χ2n) is 7.10. The summed E-state index contributed by atoms with van der Waals surface area (Å²) >= 11 is 0. The molecule has 2 fully saturated rings. The third-order valence-corrected chi connectivity index (χ3v) is 5.55. The Morgan fingerprint density at radius 2 is 1.48 bits per heavy atom. The van der Waals surface area contributed by atoms with Crippen molar-refractivity contribution >= 4 is 0 Å². The largest absolute Gasteiger partial charge is 0.386 e. The molecule has 1 heterocycles. The van der Waals surface area contributed by atoms with Gasteiger partial charge in [-0.3, -0.25) is 0 Å². The van der Waals surface area contributed by atoms with Gasteiger partial charge in [0.1, 0.15) is 11.2 Å². The van der Waals surface area contributed by atoms with Gasteiger partial charge in [-0.15, -0.1) is 0 Å². The zero-order valence-electron chi connectivity index (χ0n) is 13.4. The minimum absolute atomic E-state index is 0.244. The van der Waals surface area contributed by atoms with Crippen LogP contribution in [0.15, 0.2) is 60.7 Å². The van der Waals surface area contributed by atoms with Crippen LogP contribution in [0.25, 0.3) is 0 Å². The molecular formula is C21H24O2. The number of hydrogen-bond donors (Lipinski definition) is 1. The predicted octanol–water partition coefficient (Wildman–Crippen LogP) is 3.91. The maximum Gasteiger partial charge on any atom is 0.124 e. The lowest BCUT2D eigenvalue weighted by Crippen LogP contribution is -2.51. The van der Waals surface area contributed by atoms with E-state index in [-0.39, 0.29) is 11.7 Å². The first kappa shape index (κ1) is 14.9. The molecule has 0 radical (unpaired) electrons. The number of rotatable bonds is 5. The Bertz CT molecular complexity index is 611. The van der Waals surface area contributed by atoms with E-state index in [1.165, 1.54) is 17.5 Å². The fraction of sp³-hybridized carbons (Fsp3) is 0.429. The van der Waals surface area contributed by atoms with Crippen molar-refractivity contribution in [2.45, 2.75) is 55.8 Å². The first-order valence-electron chi connectivity index (χ1n) is 8.70. The fourth-order valence-corrected chi connectivity index (χ4v) is 4.32. The van der Waals surface area contributed by atoms with Crippen molar-refractivity contribution in [2.24, 2.45) is 0 Å². The number of benzene rings is 2. The molecule has 1 saturated heterocycles. The van der Waals surface area contributed by atoms with Crippen LogP contribution in [0.4, 0.5) is 0 Å². The Morgan fingerprint density at radius 3 is 2.00 bits per heavy atom. The van der Waals surface area contributed by atoms with Crippen LogP contribution in [0.1, 0.15) is 36.8 Å². The maximum absolute atomic E-state index is 11.7. The predicted molar refractivity (Wildman–Crippen MR) is 91.3 cm³/mol. The molecule has 2 aromatic carbocycles. The summed E-state index contributed by atoms with van der Waals surface area (Å²) in [6.07, 6.45) is 5.99. The molecule has 0 spiro atoms. The van der Waals surface area contributed by atoms with Crippen molar-refractivity contribution in [3.05, 3.63) is 71.8 Å². The monoisotopic (exact) mass is 308 g/mol. The highest BCUT2D eigenvalue weighted by Crippen LogP contribution is 2.56. The first-order valence-corrected chi connectivity index (χ1v) is 8.70. The Labute approximate surface area is 138 Å². The van der Waals surface area contributed by atoms with E-state index in [0.717, 1.165) is 19.3 Å². The number of fused-ring (bicyclic) bond motifs is 1. The van der Waals surface area contributed by atoms with Gasteiger partial charge < -0.3 is 9.84 Å². The lowest BCUT2D eigenvalue weighted by atomic mass is 9.71. The summed E-state index contributed by atoms with van der Waals surface area (Å²) in [5, 5.41) is 11.7. The molecule has 0 aromatic heterocycles. The quantitative estimate of drug-likeness (QED) is 0.849. The molecule has 2 atom stereocenters. The molecule has 2 aliphatic rings. The Morgan fingerprint density at radius 1 is 0.913 bits per heavy atom. The molecule has 23 heavy (non-hydrogen) atoms. The second-order valence-corrected chi connectivity index (χ2v) is 7.10. The van der Waals surface area contributed by atoms with Crippen molar-refractivity contribution in [1.29, 1.82) is 0 Å². The fourth-order valence-electron chi connectivity index (χ4n) is 4.32. The molecule has 2 nitrogen and oxygen atoms in total. The average molecular weight is 308 g/mol. The summed E-state index contributed by atoms with van der Waals surface area (Å²) in [7, 11) is 0. The van der Waals surface area contributed by atoms with Crippen LogP contribution in [-0.4, -0.2) is 22.4 Å². The average Bonchev–Trinajstić information content (AvgIpc) is 3.33. The van der Waals surface area contributed by atoms with Crippen molar-refractivity contribution < 1.29 is 9.84 Å². The maximum atomic E-state index is 11.7. The molecule has 4 rings (SSSR count). The van der Waals surface area contributed by atoms with E-state index in [2.05, 4.69) is 24.3 Å². The molecule has 0 bridgehead atoms. The van der Waals surface area contributed by atoms with Gasteiger partial charge in [-0.1, -0.05) is 73.5 Å². The number of hydrogen-bond acceptors (Lipinski definition) is 2. The summed E-state index contributed by atoms with van der Waals surface area (Å²) in [5.74, 6) is 0. The van der Waals surface area contributed by atoms with E-state index >= 15 is 0 Å². The summed E-state index contributed by atoms with van der Waals surface area (Å²) in [5.41, 5.74) is 1.19. The van der Waals surface area contributed by atoms with Crippen molar-refractivity contribution in [1.82, 2.24) is 0 Å². The van der Waals surface area contributed by atoms with E-state index in [4.69, 9.17) is 4.74 Å². The van der Waals surface area contributed by atoms with E-state index in [1.807, 2.05) is 36.4 Å². The van der Waals surface area contributed by atoms with Gasteiger partial charge in [-0.2, -0.15) is 0 Å². The summed E-state index contributed by atoms with van der Waals surface area (Å²) in [6, 6.07) is 20.6. The van der Waals surface area contributed by atoms with E-state index in [0.29, 0.717) is 12.8 Å². The SMILES string of the molecule is OC(Cc1ccccc1)(Cc1ccccc1)[C@@]12CCCC[C@@H]1O2. The van der Waals surface area contributed by atoms with Crippen LogP contribution in [0.2, 0.25) is 0 Å². The number of epoxide rings is 1. The topological polar surface area (TPSA) is 32.8 Å². The normalized spacial score (nSPS) is 26.6. The highest BCUT2D eigenvalue weighted by molar-refractivity contribution is 5.28. The lowest BCUT2D eigenvalue weighted by Gasteiger charge is -2.37. The molecular weight excluding hydrogens is 284 g/mol. The van der Waals surface area contributed by atoms with Gasteiger partial charge in [0.2, 0.25) is 0 Å². The van der Waals surface area contributed by atoms with Crippen LogP contribution in [0.3, 0.4) is 0 Å². The van der Waals surface area contributed by atoms with Gasteiger partial charge in [0.05, 0.1) is 6.10 Å². The van der Waals surface area contributed by atoms with Crippen LogP contribution in [0, 0.1) is 0 Å². The van der Waals surface area contributed by atoms with E-state index in [1.54, 1.807) is 0 Å². The molecule has 2 heteroatoms. The number of ether oxygens (including phenoxy) is 1. The smallest absolute Gasteiger partial charge is 0.124 e. The second kappa shape index (κ2) is 5.77.